The lowest BCUT2D eigenvalue weighted by molar-refractivity contribution is 0.00578. The molecule has 0 unspecified atom stereocenters. The first-order chi connectivity index (χ1) is 13.4. The molecule has 2 aliphatic heterocycles. The van der Waals surface area contributed by atoms with Crippen LogP contribution in [-0.2, 0) is 14.0 Å². The first kappa shape index (κ1) is 21.9. The number of aromatic nitrogens is 1. The molecule has 0 spiro atoms. The van der Waals surface area contributed by atoms with Crippen LogP contribution in [0.25, 0.3) is 0 Å². The number of carbonyl (C=O) groups is 1. The molecule has 1 saturated heterocycles. The van der Waals surface area contributed by atoms with E-state index in [4.69, 9.17) is 14.0 Å². The molecule has 0 N–H and O–H groups in total. The molecule has 2 aliphatic rings. The van der Waals surface area contributed by atoms with Gasteiger partial charge in [0.25, 0.3) is 0 Å². The van der Waals surface area contributed by atoms with Crippen molar-refractivity contribution in [2.45, 2.75) is 71.6 Å². The number of aryl methyl sites for hydroxylation is 1. The van der Waals surface area contributed by atoms with E-state index in [0.717, 1.165) is 16.6 Å². The Labute approximate surface area is 175 Å². The number of carbonyl (C=O) groups excluding carboxylic acids is 1. The molecular formula is C21H31B2N2O4. The summed E-state index contributed by atoms with van der Waals surface area (Å²) >= 11 is 0. The molecule has 29 heavy (non-hydrogen) atoms. The summed E-state index contributed by atoms with van der Waals surface area (Å²) in [7, 11) is 1.57. The number of ether oxygens (including phenoxy) is 1. The van der Waals surface area contributed by atoms with Crippen LogP contribution >= 0.6 is 0 Å². The summed E-state index contributed by atoms with van der Waals surface area (Å²) in [5.74, 6) is 0. The Hall–Kier alpha value is -1.79. The van der Waals surface area contributed by atoms with Gasteiger partial charge in [-0.25, -0.2) is 4.79 Å². The van der Waals surface area contributed by atoms with Crippen LogP contribution in [0.3, 0.4) is 0 Å². The van der Waals surface area contributed by atoms with Gasteiger partial charge in [0.1, 0.15) is 5.60 Å². The van der Waals surface area contributed by atoms with E-state index in [1.807, 2.05) is 80.2 Å². The molecular weight excluding hydrogens is 366 g/mol. The van der Waals surface area contributed by atoms with Gasteiger partial charge in [0.05, 0.1) is 11.2 Å². The van der Waals surface area contributed by atoms with Gasteiger partial charge in [0, 0.05) is 19.3 Å². The number of amides is 1. The lowest BCUT2D eigenvalue weighted by Crippen LogP contribution is -2.41. The van der Waals surface area contributed by atoms with Gasteiger partial charge >= 0.3 is 13.2 Å². The van der Waals surface area contributed by atoms with Gasteiger partial charge in [0.2, 0.25) is 0 Å². The summed E-state index contributed by atoms with van der Waals surface area (Å²) in [5.41, 5.74) is 1.55. The topological polar surface area (TPSA) is 60.9 Å². The van der Waals surface area contributed by atoms with Gasteiger partial charge in [-0.1, -0.05) is 18.2 Å². The van der Waals surface area contributed by atoms with Crippen molar-refractivity contribution in [2.75, 3.05) is 13.1 Å². The van der Waals surface area contributed by atoms with Crippen molar-refractivity contribution in [3.8, 4) is 0 Å². The fourth-order valence-corrected chi connectivity index (χ4v) is 3.17. The SMILES string of the molecule is Cc1ccc([B]CC(C)(C)OC(=O)N2CC=C(B3OC(C)(C)C(C)(C)O3)C2)nc1. The van der Waals surface area contributed by atoms with Crippen LogP contribution in [0.15, 0.2) is 29.9 Å². The standard InChI is InChI=1S/C21H31B2N2O4/c1-15-8-9-17(24-12-15)22-14-19(2,3)27-18(26)25-11-10-16(13-25)23-28-20(4,5)21(6,7)29-23/h8-10,12H,11,13-14H2,1-7H3. The minimum atomic E-state index is -0.628. The van der Waals surface area contributed by atoms with Crippen molar-refractivity contribution in [2.24, 2.45) is 0 Å². The van der Waals surface area contributed by atoms with Crippen LogP contribution in [0.4, 0.5) is 4.79 Å². The molecule has 1 aromatic rings. The van der Waals surface area contributed by atoms with Gasteiger partial charge < -0.3 is 18.9 Å². The predicted molar refractivity (Wildman–Crippen MR) is 115 cm³/mol. The number of pyridine rings is 1. The maximum atomic E-state index is 12.7. The van der Waals surface area contributed by atoms with Crippen molar-refractivity contribution in [1.82, 2.24) is 9.88 Å². The molecule has 6 nitrogen and oxygen atoms in total. The second-order valence-electron chi connectivity index (χ2n) is 9.54. The maximum absolute atomic E-state index is 12.7. The van der Waals surface area contributed by atoms with Gasteiger partial charge in [-0.05, 0) is 71.4 Å². The third-order valence-corrected chi connectivity index (χ3v) is 5.86. The summed E-state index contributed by atoms with van der Waals surface area (Å²) in [6, 6.07) is 3.99. The molecule has 0 saturated carbocycles. The van der Waals surface area contributed by atoms with Crippen LogP contribution < -0.4 is 5.59 Å². The Kier molecular flexibility index (Phi) is 5.89. The van der Waals surface area contributed by atoms with E-state index in [-0.39, 0.29) is 6.09 Å². The van der Waals surface area contributed by atoms with E-state index < -0.39 is 23.9 Å². The van der Waals surface area contributed by atoms with Gasteiger partial charge in [-0.15, -0.1) is 0 Å². The Bertz CT molecular complexity index is 774. The average Bonchev–Trinajstić information content (AvgIpc) is 3.17. The molecule has 3 heterocycles. The lowest BCUT2D eigenvalue weighted by Gasteiger charge is -2.32. The van der Waals surface area contributed by atoms with E-state index in [1.165, 1.54) is 0 Å². The van der Waals surface area contributed by atoms with Crippen LogP contribution in [0.5, 0.6) is 0 Å². The predicted octanol–water partition coefficient (Wildman–Crippen LogP) is 2.93. The molecule has 0 atom stereocenters. The maximum Gasteiger partial charge on any atom is 0.492 e. The smallest absolute Gasteiger partial charge is 0.444 e. The highest BCUT2D eigenvalue weighted by atomic mass is 16.7. The summed E-state index contributed by atoms with van der Waals surface area (Å²) in [6.07, 6.45) is 4.08. The molecule has 1 fully saturated rings. The Morgan fingerprint density at radius 2 is 1.93 bits per heavy atom. The van der Waals surface area contributed by atoms with E-state index in [2.05, 4.69) is 4.98 Å². The Balaban J connectivity index is 1.51. The van der Waals surface area contributed by atoms with Crippen molar-refractivity contribution in [3.05, 3.63) is 35.4 Å². The third kappa shape index (κ3) is 5.04. The molecule has 1 radical (unpaired) electrons. The van der Waals surface area contributed by atoms with Gasteiger partial charge in [-0.3, -0.25) is 4.98 Å². The molecule has 0 aliphatic carbocycles. The Morgan fingerprint density at radius 3 is 2.52 bits per heavy atom. The molecule has 0 bridgehead atoms. The average molecular weight is 397 g/mol. The minimum absolute atomic E-state index is 0.331. The van der Waals surface area contributed by atoms with Crippen LogP contribution in [-0.4, -0.2) is 60.3 Å². The second kappa shape index (κ2) is 7.80. The molecule has 8 heteroatoms. The fourth-order valence-electron chi connectivity index (χ4n) is 3.17. The summed E-state index contributed by atoms with van der Waals surface area (Å²) in [6.45, 7) is 14.9. The van der Waals surface area contributed by atoms with Gasteiger partial charge in [-0.2, -0.15) is 0 Å². The largest absolute Gasteiger partial charge is 0.492 e. The fraction of sp³-hybridized carbons (Fsp3) is 0.619. The molecule has 1 amide bonds. The van der Waals surface area contributed by atoms with Crippen molar-refractivity contribution >= 4 is 26.1 Å². The van der Waals surface area contributed by atoms with E-state index >= 15 is 0 Å². The second-order valence-corrected chi connectivity index (χ2v) is 9.54. The first-order valence-electron chi connectivity index (χ1n) is 10.2. The lowest BCUT2D eigenvalue weighted by atomic mass is 9.65. The van der Waals surface area contributed by atoms with E-state index in [0.29, 0.717) is 19.4 Å². The highest BCUT2D eigenvalue weighted by Gasteiger charge is 2.53. The zero-order chi connectivity index (χ0) is 21.4. The summed E-state index contributed by atoms with van der Waals surface area (Å²) in [5, 5.41) is 0. The van der Waals surface area contributed by atoms with Crippen molar-refractivity contribution < 1.29 is 18.8 Å². The van der Waals surface area contributed by atoms with E-state index in [9.17, 15) is 4.79 Å². The summed E-state index contributed by atoms with van der Waals surface area (Å²) in [4.78, 5) is 18.7. The highest BCUT2D eigenvalue weighted by Crippen LogP contribution is 2.39. The van der Waals surface area contributed by atoms with E-state index in [1.54, 1.807) is 4.90 Å². The number of rotatable bonds is 5. The third-order valence-electron chi connectivity index (χ3n) is 5.86. The first-order valence-corrected chi connectivity index (χ1v) is 10.2. The molecule has 155 valence electrons. The summed E-state index contributed by atoms with van der Waals surface area (Å²) < 4.78 is 18.0. The van der Waals surface area contributed by atoms with Crippen LogP contribution in [0.1, 0.15) is 47.1 Å². The number of hydrogen-bond acceptors (Lipinski definition) is 5. The molecule has 3 rings (SSSR count). The minimum Gasteiger partial charge on any atom is -0.444 e. The highest BCUT2D eigenvalue weighted by molar-refractivity contribution is 6.55. The van der Waals surface area contributed by atoms with Crippen LogP contribution in [0.2, 0.25) is 6.32 Å². The zero-order valence-corrected chi connectivity index (χ0v) is 18.6. The number of hydrogen-bond donors (Lipinski definition) is 0. The van der Waals surface area contributed by atoms with Crippen LogP contribution in [0, 0.1) is 6.92 Å². The quantitative estimate of drug-likeness (QED) is 0.716. The van der Waals surface area contributed by atoms with Crippen molar-refractivity contribution in [3.63, 3.8) is 0 Å². The zero-order valence-electron chi connectivity index (χ0n) is 18.6. The Morgan fingerprint density at radius 1 is 1.28 bits per heavy atom. The molecule has 1 aromatic heterocycles. The molecule has 0 aromatic carbocycles. The number of nitrogens with zero attached hydrogens (tertiary/aromatic N) is 2. The monoisotopic (exact) mass is 397 g/mol. The van der Waals surface area contributed by atoms with Gasteiger partial charge in [0.15, 0.2) is 7.28 Å². The normalized spacial score (nSPS) is 20.6. The van der Waals surface area contributed by atoms with Crippen molar-refractivity contribution in [1.29, 1.82) is 0 Å².